The predicted octanol–water partition coefficient (Wildman–Crippen LogP) is 13.8. The first-order chi connectivity index (χ1) is 32.6. The minimum Gasteiger partial charge on any atom is -0.455 e. The van der Waals surface area contributed by atoms with Gasteiger partial charge in [0.15, 0.2) is 17.5 Å². The molecule has 0 aliphatic heterocycles. The van der Waals surface area contributed by atoms with Crippen molar-refractivity contribution in [3.05, 3.63) is 200 Å². The molecule has 0 N–H and O–H groups in total. The summed E-state index contributed by atoms with van der Waals surface area (Å²) in [5.74, 6) is 1.01. The molecule has 0 saturated heterocycles. The number of fused-ring (bicyclic) bond motifs is 7. The smallest absolute Gasteiger partial charge is 0.166 e. The van der Waals surface area contributed by atoms with E-state index in [1.54, 1.807) is 29.1 Å². The second kappa shape index (κ2) is 13.7. The monoisotopic (exact) mass is 774 g/mol. The van der Waals surface area contributed by atoms with Gasteiger partial charge in [0.1, 0.15) is 11.2 Å². The summed E-state index contributed by atoms with van der Waals surface area (Å²) < 4.78 is 70.2. The number of hydrogen-bond donors (Lipinski definition) is 0. The summed E-state index contributed by atoms with van der Waals surface area (Å²) in [6.07, 6.45) is 3.53. The van der Waals surface area contributed by atoms with Crippen LogP contribution >= 0.6 is 0 Å². The Morgan fingerprint density at radius 2 is 1.17 bits per heavy atom. The van der Waals surface area contributed by atoms with Gasteiger partial charge >= 0.3 is 0 Å². The summed E-state index contributed by atoms with van der Waals surface area (Å²) in [7, 11) is 0. The molecule has 0 fully saturated rings. The van der Waals surface area contributed by atoms with Crippen LogP contribution < -0.4 is 0 Å². The van der Waals surface area contributed by atoms with Crippen molar-refractivity contribution in [2.24, 2.45) is 0 Å². The molecule has 0 radical (unpaired) electrons. The van der Waals surface area contributed by atoms with E-state index in [-0.39, 0.29) is 57.8 Å². The summed E-state index contributed by atoms with van der Waals surface area (Å²) in [6, 6.07) is 44.7. The van der Waals surface area contributed by atoms with Crippen LogP contribution in [-0.4, -0.2) is 24.5 Å². The van der Waals surface area contributed by atoms with Crippen molar-refractivity contribution in [3.8, 4) is 62.1 Å². The third-order valence-corrected chi connectivity index (χ3v) is 11.0. The zero-order chi connectivity index (χ0) is 45.7. The van der Waals surface area contributed by atoms with Gasteiger partial charge in [0, 0.05) is 61.6 Å². The second-order valence-corrected chi connectivity index (χ2v) is 14.5. The van der Waals surface area contributed by atoms with E-state index in [1.807, 2.05) is 97.1 Å². The first-order valence-corrected chi connectivity index (χ1v) is 19.5. The van der Waals surface area contributed by atoms with E-state index < -0.39 is 12.1 Å². The average Bonchev–Trinajstić information content (AvgIpc) is 3.94. The highest BCUT2D eigenvalue weighted by molar-refractivity contribution is 6.11. The second-order valence-electron chi connectivity index (χ2n) is 14.5. The van der Waals surface area contributed by atoms with Crippen LogP contribution in [0.5, 0.6) is 0 Å². The number of para-hydroxylation sites is 4. The van der Waals surface area contributed by atoms with Gasteiger partial charge in [-0.3, -0.25) is 4.98 Å². The lowest BCUT2D eigenvalue weighted by Crippen LogP contribution is -2.03. The van der Waals surface area contributed by atoms with Crippen molar-refractivity contribution in [1.29, 1.82) is 0 Å². The number of pyridine rings is 1. The zero-order valence-electron chi connectivity index (χ0n) is 38.7. The maximum atomic E-state index is 9.16. The van der Waals surface area contributed by atoms with Gasteiger partial charge in [-0.25, -0.2) is 15.0 Å². The first kappa shape index (κ1) is 27.4. The van der Waals surface area contributed by atoms with Gasteiger partial charge in [0.2, 0.25) is 0 Å². The Hall–Kier alpha value is -8.22. The zero-order valence-corrected chi connectivity index (χ0v) is 31.7. The predicted molar refractivity (Wildman–Crippen MR) is 244 cm³/mol. The third-order valence-electron chi connectivity index (χ3n) is 11.0. The summed E-state index contributed by atoms with van der Waals surface area (Å²) in [5.41, 5.74) is 8.07. The van der Waals surface area contributed by atoms with E-state index in [4.69, 9.17) is 29.0 Å². The molecule has 0 aliphatic carbocycles. The maximum Gasteiger partial charge on any atom is 0.166 e. The molecule has 0 atom stereocenters. The van der Waals surface area contributed by atoms with Crippen molar-refractivity contribution in [3.63, 3.8) is 0 Å². The molecule has 4 aromatic heterocycles. The van der Waals surface area contributed by atoms with E-state index in [0.717, 1.165) is 60.5 Å². The summed E-state index contributed by atoms with van der Waals surface area (Å²) in [6.45, 7) is 0. The van der Waals surface area contributed by atoms with Gasteiger partial charge in [-0.05, 0) is 76.6 Å². The Balaban J connectivity index is 1.08. The molecule has 8 aromatic carbocycles. The lowest BCUT2D eigenvalue weighted by molar-refractivity contribution is 0.670. The van der Waals surface area contributed by atoms with Crippen LogP contribution in [0.15, 0.2) is 205 Å². The van der Waals surface area contributed by atoms with Crippen LogP contribution in [0.2, 0.25) is 0 Å². The van der Waals surface area contributed by atoms with E-state index >= 15 is 0 Å². The molecule has 0 unspecified atom stereocenters. The van der Waals surface area contributed by atoms with Gasteiger partial charge in [0.05, 0.1) is 26.3 Å². The van der Waals surface area contributed by atoms with Gasteiger partial charge < -0.3 is 8.98 Å². The van der Waals surface area contributed by atoms with Crippen LogP contribution in [0.4, 0.5) is 0 Å². The lowest BCUT2D eigenvalue weighted by Gasteiger charge is -2.15. The standard InChI is InChI=1S/C54H33N5O/c1-2-12-34(13-3-1)35-26-27-50-46(32-35)44-20-11-19-41(51(44)60-50)37-14-10-15-38(31-37)52-56-53(39-24-25-40-33-55-29-28-36(40)30-39)58-54(57-52)45-18-6-9-23-49(45)59-47-21-7-4-16-42(47)43-17-5-8-22-48(43)59/h1-33H/i4D,5D,7D,16D,17D,21D,22D. The fourth-order valence-electron chi connectivity index (χ4n) is 8.21. The van der Waals surface area contributed by atoms with Crippen molar-refractivity contribution in [2.45, 2.75) is 0 Å². The molecule has 0 saturated carbocycles. The van der Waals surface area contributed by atoms with Crippen LogP contribution in [0.3, 0.4) is 0 Å². The molecule has 4 heterocycles. The molecule has 0 amide bonds. The highest BCUT2D eigenvalue weighted by atomic mass is 16.3. The van der Waals surface area contributed by atoms with Crippen molar-refractivity contribution >= 4 is 54.5 Å². The first-order valence-electron chi connectivity index (χ1n) is 23.0. The third kappa shape index (κ3) is 5.57. The molecular formula is C54H33N5O. The van der Waals surface area contributed by atoms with Crippen LogP contribution in [-0.2, 0) is 0 Å². The molecule has 60 heavy (non-hydrogen) atoms. The number of nitrogens with zero attached hydrogens (tertiary/aromatic N) is 5. The highest BCUT2D eigenvalue weighted by Crippen LogP contribution is 2.40. The normalized spacial score (nSPS) is 13.3. The molecule has 0 spiro atoms. The SMILES string of the molecule is [2H]c1cc([2H])c2c(c1[2H])c1c([2H])c([2H])c([2H])c([2H])c1n2-c1ccccc1-c1nc(-c2cccc(-c3cccc4c3oc3ccc(-c5ccccc5)cc34)c2)nc(-c2ccc3cnccc3c2)n1. The van der Waals surface area contributed by atoms with E-state index in [0.29, 0.717) is 28.5 Å². The largest absolute Gasteiger partial charge is 0.455 e. The lowest BCUT2D eigenvalue weighted by atomic mass is 9.99. The molecule has 0 bridgehead atoms. The van der Waals surface area contributed by atoms with E-state index in [9.17, 15) is 0 Å². The molecule has 0 aliphatic rings. The van der Waals surface area contributed by atoms with Gasteiger partial charge in [-0.15, -0.1) is 0 Å². The Kier molecular flexibility index (Phi) is 6.27. The number of furan rings is 1. The summed E-state index contributed by atoms with van der Waals surface area (Å²) in [4.78, 5) is 19.7. The number of aromatic nitrogens is 5. The fourth-order valence-corrected chi connectivity index (χ4v) is 8.21. The minimum absolute atomic E-state index is 0.0546. The topological polar surface area (TPSA) is 69.6 Å². The Bertz CT molecular complexity index is 4040. The van der Waals surface area contributed by atoms with E-state index in [2.05, 4.69) is 35.3 Å². The molecule has 6 heteroatoms. The van der Waals surface area contributed by atoms with Gasteiger partial charge in [-0.1, -0.05) is 133 Å². The van der Waals surface area contributed by atoms with E-state index in [1.165, 1.54) is 6.07 Å². The van der Waals surface area contributed by atoms with Crippen LogP contribution in [0.25, 0.3) is 117 Å². The average molecular weight is 775 g/mol. The summed E-state index contributed by atoms with van der Waals surface area (Å²) >= 11 is 0. The number of rotatable bonds is 6. The van der Waals surface area contributed by atoms with Gasteiger partial charge in [-0.2, -0.15) is 0 Å². The van der Waals surface area contributed by atoms with Gasteiger partial charge in [0.25, 0.3) is 0 Å². The van der Waals surface area contributed by atoms with Crippen LogP contribution in [0, 0.1) is 0 Å². The van der Waals surface area contributed by atoms with Crippen molar-refractivity contribution < 1.29 is 14.0 Å². The summed E-state index contributed by atoms with van der Waals surface area (Å²) in [5, 5.41) is 4.04. The van der Waals surface area contributed by atoms with Crippen molar-refractivity contribution in [1.82, 2.24) is 24.5 Å². The quantitative estimate of drug-likeness (QED) is 0.168. The molecule has 6 nitrogen and oxygen atoms in total. The minimum atomic E-state index is -0.472. The fraction of sp³-hybridized carbons (Fsp3) is 0. The van der Waals surface area contributed by atoms with Crippen LogP contribution in [0.1, 0.15) is 9.60 Å². The highest BCUT2D eigenvalue weighted by Gasteiger charge is 2.20. The Labute approximate surface area is 354 Å². The van der Waals surface area contributed by atoms with Crippen molar-refractivity contribution in [2.75, 3.05) is 0 Å². The number of benzene rings is 8. The molecule has 280 valence electrons. The number of hydrogen-bond acceptors (Lipinski definition) is 5. The maximum absolute atomic E-state index is 9.16. The molecule has 12 rings (SSSR count). The molecule has 12 aromatic rings. The molecular weight excluding hydrogens is 735 g/mol. The Morgan fingerprint density at radius 3 is 2.08 bits per heavy atom. The Morgan fingerprint density at radius 1 is 0.450 bits per heavy atom.